The molecule has 0 unspecified atom stereocenters. The van der Waals surface area contributed by atoms with Gasteiger partial charge in [-0.2, -0.15) is 0 Å². The van der Waals surface area contributed by atoms with Crippen molar-refractivity contribution in [3.63, 3.8) is 0 Å². The lowest BCUT2D eigenvalue weighted by atomic mass is 10.1. The third-order valence-corrected chi connectivity index (χ3v) is 5.87. The summed E-state index contributed by atoms with van der Waals surface area (Å²) in [7, 11) is 0. The number of hydrogen-bond donors (Lipinski definition) is 0. The number of nitrogens with zero attached hydrogens (tertiary/aromatic N) is 3. The van der Waals surface area contributed by atoms with Crippen LogP contribution in [0.1, 0.15) is 24.1 Å². The number of benzene rings is 3. The zero-order valence-electron chi connectivity index (χ0n) is 16.7. The molecule has 3 aromatic rings. The zero-order valence-corrected chi connectivity index (χ0v) is 17.5. The van der Waals surface area contributed by atoms with Gasteiger partial charge in [0.2, 0.25) is 0 Å². The van der Waals surface area contributed by atoms with E-state index in [0.29, 0.717) is 10.1 Å². The van der Waals surface area contributed by atoms with Crippen molar-refractivity contribution in [1.29, 1.82) is 0 Å². The quantitative estimate of drug-likeness (QED) is 0.285. The van der Waals surface area contributed by atoms with Crippen molar-refractivity contribution in [2.24, 2.45) is 4.99 Å². The van der Waals surface area contributed by atoms with Gasteiger partial charge in [0.1, 0.15) is 0 Å². The van der Waals surface area contributed by atoms with E-state index in [4.69, 9.17) is 4.99 Å². The Labute approximate surface area is 184 Å². The van der Waals surface area contributed by atoms with E-state index in [-0.39, 0.29) is 17.6 Å². The van der Waals surface area contributed by atoms with Gasteiger partial charge in [-0.25, -0.2) is 4.99 Å². The first-order valence-corrected chi connectivity index (χ1v) is 10.5. The number of amides is 1. The number of thioether (sulfide) groups is 1. The third-order valence-electron chi connectivity index (χ3n) is 4.89. The highest BCUT2D eigenvalue weighted by molar-refractivity contribution is 8.18. The first kappa shape index (κ1) is 20.6. The monoisotopic (exact) mass is 429 g/mol. The molecule has 7 heteroatoms. The molecule has 3 aromatic carbocycles. The molecule has 0 N–H and O–H groups in total. The molecule has 1 aliphatic heterocycles. The number of carbonyl (C=O) groups is 1. The molecule has 0 spiro atoms. The topological polar surface area (TPSA) is 75.8 Å². The Morgan fingerprint density at radius 3 is 2.19 bits per heavy atom. The fourth-order valence-electron chi connectivity index (χ4n) is 3.24. The minimum absolute atomic E-state index is 0.0122. The van der Waals surface area contributed by atoms with Gasteiger partial charge in [0.25, 0.3) is 11.6 Å². The van der Waals surface area contributed by atoms with Crippen LogP contribution in [0.5, 0.6) is 0 Å². The van der Waals surface area contributed by atoms with E-state index in [9.17, 15) is 14.9 Å². The summed E-state index contributed by atoms with van der Waals surface area (Å²) in [5.74, 6) is -0.144. The molecular weight excluding hydrogens is 410 g/mol. The molecule has 1 amide bonds. The SMILES string of the molecule is C[C@H](c1ccccc1)N1C(=O)/C(=C\c2ccc([N+](=O)[O-])cc2)SC1=Nc1ccccc1. The summed E-state index contributed by atoms with van der Waals surface area (Å²) in [6, 6.07) is 25.2. The summed E-state index contributed by atoms with van der Waals surface area (Å²) < 4.78 is 0. The van der Waals surface area contributed by atoms with Gasteiger partial charge in [0, 0.05) is 12.1 Å². The summed E-state index contributed by atoms with van der Waals surface area (Å²) in [6.45, 7) is 1.98. The predicted molar refractivity (Wildman–Crippen MR) is 124 cm³/mol. The lowest BCUT2D eigenvalue weighted by Crippen LogP contribution is -2.32. The molecule has 1 atom stereocenters. The summed E-state index contributed by atoms with van der Waals surface area (Å²) in [5, 5.41) is 11.5. The zero-order chi connectivity index (χ0) is 21.8. The maximum absolute atomic E-state index is 13.3. The van der Waals surface area contributed by atoms with Gasteiger partial charge in [0.05, 0.1) is 21.6 Å². The van der Waals surface area contributed by atoms with E-state index in [1.165, 1.54) is 23.9 Å². The van der Waals surface area contributed by atoms with Gasteiger partial charge in [0.15, 0.2) is 5.17 Å². The molecule has 154 valence electrons. The maximum Gasteiger partial charge on any atom is 0.269 e. The van der Waals surface area contributed by atoms with Gasteiger partial charge < -0.3 is 0 Å². The van der Waals surface area contributed by atoms with Gasteiger partial charge >= 0.3 is 0 Å². The fourth-order valence-corrected chi connectivity index (χ4v) is 4.31. The number of carbonyl (C=O) groups excluding carboxylic acids is 1. The number of non-ortho nitro benzene ring substituents is 1. The van der Waals surface area contributed by atoms with Crippen molar-refractivity contribution in [3.05, 3.63) is 111 Å². The minimum Gasteiger partial charge on any atom is -0.279 e. The highest BCUT2D eigenvalue weighted by Gasteiger charge is 2.37. The molecule has 0 bridgehead atoms. The first-order chi connectivity index (χ1) is 15.0. The molecule has 1 heterocycles. The molecule has 31 heavy (non-hydrogen) atoms. The van der Waals surface area contributed by atoms with Crippen LogP contribution in [0, 0.1) is 10.1 Å². The molecule has 1 saturated heterocycles. The number of para-hydroxylation sites is 1. The van der Waals surface area contributed by atoms with E-state index in [1.807, 2.05) is 67.6 Å². The lowest BCUT2D eigenvalue weighted by Gasteiger charge is -2.24. The predicted octanol–water partition coefficient (Wildman–Crippen LogP) is 5.96. The summed E-state index contributed by atoms with van der Waals surface area (Å²) in [4.78, 5) is 30.7. The number of aliphatic imine (C=N–C) groups is 1. The van der Waals surface area contributed by atoms with E-state index in [1.54, 1.807) is 23.1 Å². The van der Waals surface area contributed by atoms with Crippen molar-refractivity contribution < 1.29 is 9.72 Å². The molecule has 0 saturated carbocycles. The van der Waals surface area contributed by atoms with Gasteiger partial charge in [-0.3, -0.25) is 19.8 Å². The van der Waals surface area contributed by atoms with Crippen LogP contribution in [-0.2, 0) is 4.79 Å². The first-order valence-electron chi connectivity index (χ1n) is 9.69. The van der Waals surface area contributed by atoms with Crippen molar-refractivity contribution in [2.45, 2.75) is 13.0 Å². The maximum atomic E-state index is 13.3. The Bertz CT molecular complexity index is 1160. The molecular formula is C24H19N3O3S. The third kappa shape index (κ3) is 4.57. The molecule has 0 radical (unpaired) electrons. The van der Waals surface area contributed by atoms with E-state index in [2.05, 4.69) is 0 Å². The Hall–Kier alpha value is -3.71. The van der Waals surface area contributed by atoms with Crippen LogP contribution in [0.3, 0.4) is 0 Å². The van der Waals surface area contributed by atoms with Crippen LogP contribution in [0.15, 0.2) is 94.8 Å². The van der Waals surface area contributed by atoms with Gasteiger partial charge in [-0.1, -0.05) is 48.5 Å². The minimum atomic E-state index is -0.444. The lowest BCUT2D eigenvalue weighted by molar-refractivity contribution is -0.384. The summed E-state index contributed by atoms with van der Waals surface area (Å²) in [6.07, 6.45) is 1.74. The van der Waals surface area contributed by atoms with Crippen LogP contribution >= 0.6 is 11.8 Å². The number of amidine groups is 1. The van der Waals surface area contributed by atoms with Crippen molar-refractivity contribution in [1.82, 2.24) is 4.90 Å². The van der Waals surface area contributed by atoms with Crippen LogP contribution in [-0.4, -0.2) is 20.9 Å². The second-order valence-electron chi connectivity index (χ2n) is 6.95. The molecule has 0 aliphatic carbocycles. The molecule has 1 fully saturated rings. The summed E-state index contributed by atoms with van der Waals surface area (Å²) in [5.41, 5.74) is 2.50. The smallest absolute Gasteiger partial charge is 0.269 e. The van der Waals surface area contributed by atoms with Crippen molar-refractivity contribution >= 4 is 40.3 Å². The molecule has 0 aromatic heterocycles. The molecule has 1 aliphatic rings. The second-order valence-corrected chi connectivity index (χ2v) is 7.96. The van der Waals surface area contributed by atoms with Gasteiger partial charge in [-0.15, -0.1) is 0 Å². The van der Waals surface area contributed by atoms with Crippen LogP contribution in [0.25, 0.3) is 6.08 Å². The van der Waals surface area contributed by atoms with Crippen LogP contribution in [0.2, 0.25) is 0 Å². The highest BCUT2D eigenvalue weighted by atomic mass is 32.2. The van der Waals surface area contributed by atoms with E-state index >= 15 is 0 Å². The normalized spacial score (nSPS) is 17.3. The van der Waals surface area contributed by atoms with Crippen molar-refractivity contribution in [2.75, 3.05) is 0 Å². The van der Waals surface area contributed by atoms with Gasteiger partial charge in [-0.05, 0) is 60.2 Å². The average Bonchev–Trinajstić information content (AvgIpc) is 3.09. The average molecular weight is 430 g/mol. The van der Waals surface area contributed by atoms with Crippen LogP contribution in [0.4, 0.5) is 11.4 Å². The summed E-state index contributed by atoms with van der Waals surface area (Å²) >= 11 is 1.30. The molecule has 6 nitrogen and oxygen atoms in total. The Morgan fingerprint density at radius 1 is 0.968 bits per heavy atom. The van der Waals surface area contributed by atoms with Crippen molar-refractivity contribution in [3.8, 4) is 0 Å². The number of hydrogen-bond acceptors (Lipinski definition) is 5. The van der Waals surface area contributed by atoms with Crippen LogP contribution < -0.4 is 0 Å². The Balaban J connectivity index is 1.71. The largest absolute Gasteiger partial charge is 0.279 e. The second kappa shape index (κ2) is 8.97. The fraction of sp³-hybridized carbons (Fsp3) is 0.0833. The Morgan fingerprint density at radius 2 is 1.58 bits per heavy atom. The van der Waals surface area contributed by atoms with E-state index in [0.717, 1.165) is 16.8 Å². The standard InChI is InChI=1S/C24H19N3O3S/c1-17(19-8-4-2-5-9-19)26-23(28)22(16-18-12-14-21(15-13-18)27(29)30)31-24(26)25-20-10-6-3-7-11-20/h2-17H,1H3/b22-16+,25-24?/t17-/m1/s1. The number of nitro groups is 1. The number of rotatable bonds is 5. The Kier molecular flexibility index (Phi) is 5.95. The van der Waals surface area contributed by atoms with E-state index < -0.39 is 4.92 Å². The molecule has 4 rings (SSSR count). The highest BCUT2D eigenvalue weighted by Crippen LogP contribution is 2.39. The number of nitro benzene ring substituents is 1.